The summed E-state index contributed by atoms with van der Waals surface area (Å²) in [5.74, 6) is -0.703. The number of thiocarbonyl (C=S) groups is 1. The lowest BCUT2D eigenvalue weighted by atomic mass is 10.1. The predicted molar refractivity (Wildman–Crippen MR) is 122 cm³/mol. The normalized spacial score (nSPS) is 15.7. The Labute approximate surface area is 186 Å². The van der Waals surface area contributed by atoms with E-state index in [0.717, 1.165) is 11.0 Å². The van der Waals surface area contributed by atoms with Crippen LogP contribution in [0.15, 0.2) is 87.0 Å². The van der Waals surface area contributed by atoms with Gasteiger partial charge in [-0.2, -0.15) is 0 Å². The molecule has 4 aromatic rings. The van der Waals surface area contributed by atoms with Crippen LogP contribution in [0.4, 0.5) is 5.69 Å². The fraction of sp³-hybridized carbons (Fsp3) is 0. The number of aromatic amines is 1. The molecule has 31 heavy (non-hydrogen) atoms. The van der Waals surface area contributed by atoms with Crippen molar-refractivity contribution in [1.82, 2.24) is 15.3 Å². The minimum absolute atomic E-state index is 0.0407. The number of amides is 2. The van der Waals surface area contributed by atoms with Crippen LogP contribution in [0.1, 0.15) is 5.76 Å². The van der Waals surface area contributed by atoms with Crippen LogP contribution in [0, 0.1) is 0 Å². The van der Waals surface area contributed by atoms with Crippen LogP contribution >= 0.6 is 24.0 Å². The summed E-state index contributed by atoms with van der Waals surface area (Å²) in [6.07, 6.45) is 1.41. The zero-order chi connectivity index (χ0) is 21.4. The molecule has 152 valence electrons. The van der Waals surface area contributed by atoms with Crippen molar-refractivity contribution in [2.45, 2.75) is 10.2 Å². The van der Waals surface area contributed by atoms with Crippen LogP contribution in [-0.4, -0.2) is 26.9 Å². The molecule has 2 N–H and O–H groups in total. The van der Waals surface area contributed by atoms with Gasteiger partial charge >= 0.3 is 0 Å². The summed E-state index contributed by atoms with van der Waals surface area (Å²) in [7, 11) is 0. The van der Waals surface area contributed by atoms with Gasteiger partial charge in [0.25, 0.3) is 11.8 Å². The highest BCUT2D eigenvalue weighted by atomic mass is 32.2. The van der Waals surface area contributed by atoms with Gasteiger partial charge in [0.2, 0.25) is 0 Å². The maximum atomic E-state index is 13.0. The Morgan fingerprint density at radius 3 is 2.58 bits per heavy atom. The molecule has 0 bridgehead atoms. The second-order valence-electron chi connectivity index (χ2n) is 6.61. The van der Waals surface area contributed by atoms with Gasteiger partial charge in [0, 0.05) is 0 Å². The summed E-state index contributed by atoms with van der Waals surface area (Å²) < 4.78 is 5.79. The molecule has 1 saturated heterocycles. The summed E-state index contributed by atoms with van der Waals surface area (Å²) in [6, 6.07) is 20.1. The van der Waals surface area contributed by atoms with Crippen molar-refractivity contribution in [2.24, 2.45) is 0 Å². The van der Waals surface area contributed by atoms with Gasteiger partial charge in [0.15, 0.2) is 15.4 Å². The van der Waals surface area contributed by atoms with E-state index in [4.69, 9.17) is 16.6 Å². The average Bonchev–Trinajstić information content (AvgIpc) is 3.38. The number of aromatic nitrogens is 2. The molecule has 5 rings (SSSR count). The second kappa shape index (κ2) is 7.86. The number of benzene rings is 2. The number of carbonyl (C=O) groups excluding carboxylic acids is 2. The van der Waals surface area contributed by atoms with Gasteiger partial charge in [-0.25, -0.2) is 4.98 Å². The molecule has 1 fully saturated rings. The molecule has 3 heterocycles. The Morgan fingerprint density at radius 1 is 1.00 bits per heavy atom. The van der Waals surface area contributed by atoms with Gasteiger partial charge in [-0.05, 0) is 66.5 Å². The Hall–Kier alpha value is -3.69. The third-order valence-electron chi connectivity index (χ3n) is 4.57. The maximum absolute atomic E-state index is 13.0. The van der Waals surface area contributed by atoms with Gasteiger partial charge in [0.05, 0.1) is 16.7 Å². The van der Waals surface area contributed by atoms with Crippen LogP contribution in [0.2, 0.25) is 0 Å². The monoisotopic (exact) mass is 446 g/mol. The molecule has 0 atom stereocenters. The van der Waals surface area contributed by atoms with E-state index in [-0.39, 0.29) is 10.7 Å². The number of anilines is 1. The lowest BCUT2D eigenvalue weighted by molar-refractivity contribution is -0.122. The third-order valence-corrected chi connectivity index (χ3v) is 5.66. The fourth-order valence-corrected chi connectivity index (χ4v) is 4.20. The number of furan rings is 1. The van der Waals surface area contributed by atoms with Crippen LogP contribution in [-0.2, 0) is 9.59 Å². The number of rotatable bonds is 4. The third kappa shape index (κ3) is 3.76. The molecule has 2 aromatic heterocycles. The molecule has 1 aliphatic rings. The highest BCUT2D eigenvalue weighted by Gasteiger charge is 2.34. The minimum atomic E-state index is -0.565. The Balaban J connectivity index is 1.40. The van der Waals surface area contributed by atoms with Crippen LogP contribution in [0.5, 0.6) is 0 Å². The topological polar surface area (TPSA) is 91.2 Å². The number of hydrogen-bond acceptors (Lipinski definition) is 6. The molecule has 0 radical (unpaired) electrons. The smallest absolute Gasteiger partial charge is 0.270 e. The van der Waals surface area contributed by atoms with E-state index in [9.17, 15) is 9.59 Å². The molecule has 0 unspecified atom stereocenters. The quantitative estimate of drug-likeness (QED) is 0.278. The first-order valence-electron chi connectivity index (χ1n) is 9.27. The predicted octanol–water partition coefficient (Wildman–Crippen LogP) is 4.14. The van der Waals surface area contributed by atoms with E-state index in [1.54, 1.807) is 36.4 Å². The number of hydrogen-bond donors (Lipinski definition) is 2. The van der Waals surface area contributed by atoms with Crippen molar-refractivity contribution in [2.75, 3.05) is 4.90 Å². The van der Waals surface area contributed by atoms with Crippen LogP contribution < -0.4 is 10.2 Å². The van der Waals surface area contributed by atoms with Crippen LogP contribution in [0.3, 0.4) is 0 Å². The van der Waals surface area contributed by atoms with Gasteiger partial charge in [-0.3, -0.25) is 19.8 Å². The van der Waals surface area contributed by atoms with E-state index in [0.29, 0.717) is 21.7 Å². The summed E-state index contributed by atoms with van der Waals surface area (Å²) in [5, 5.41) is 3.85. The highest BCUT2D eigenvalue weighted by molar-refractivity contribution is 7.99. The lowest BCUT2D eigenvalue weighted by Gasteiger charge is -2.28. The van der Waals surface area contributed by atoms with E-state index in [2.05, 4.69) is 15.3 Å². The molecule has 0 saturated carbocycles. The molecule has 1 aliphatic heterocycles. The SMILES string of the molecule is O=C1NC(=S)N(c2ccccc2)C(=O)/C1=C/c1ccc(Sc2nc3ccccc3[nH]2)o1. The zero-order valence-corrected chi connectivity index (χ0v) is 17.5. The van der Waals surface area contributed by atoms with Crippen molar-refractivity contribution in [1.29, 1.82) is 0 Å². The first kappa shape index (κ1) is 19.3. The number of imidazole rings is 1. The van der Waals surface area contributed by atoms with E-state index >= 15 is 0 Å². The Bertz CT molecular complexity index is 1320. The summed E-state index contributed by atoms with van der Waals surface area (Å²) in [4.78, 5) is 34.4. The number of nitrogens with zero attached hydrogens (tertiary/aromatic N) is 2. The van der Waals surface area contributed by atoms with Gasteiger partial charge in [0.1, 0.15) is 11.3 Å². The second-order valence-corrected chi connectivity index (χ2v) is 7.99. The zero-order valence-electron chi connectivity index (χ0n) is 15.9. The highest BCUT2D eigenvalue weighted by Crippen LogP contribution is 2.30. The van der Waals surface area contributed by atoms with E-state index in [1.807, 2.05) is 30.3 Å². The minimum Gasteiger partial charge on any atom is -0.450 e. The molecule has 0 spiro atoms. The maximum Gasteiger partial charge on any atom is 0.270 e. The number of para-hydroxylation sites is 3. The van der Waals surface area contributed by atoms with Gasteiger partial charge in [-0.1, -0.05) is 30.3 Å². The largest absolute Gasteiger partial charge is 0.450 e. The first-order chi connectivity index (χ1) is 15.1. The van der Waals surface area contributed by atoms with Gasteiger partial charge in [-0.15, -0.1) is 0 Å². The number of H-pyrrole nitrogens is 1. The Kier molecular flexibility index (Phi) is 4.89. The number of nitrogens with one attached hydrogen (secondary N) is 2. The number of carbonyl (C=O) groups is 2. The van der Waals surface area contributed by atoms with E-state index in [1.165, 1.54) is 22.7 Å². The van der Waals surface area contributed by atoms with Gasteiger partial charge < -0.3 is 9.40 Å². The van der Waals surface area contributed by atoms with Crippen molar-refractivity contribution < 1.29 is 14.0 Å². The lowest BCUT2D eigenvalue weighted by Crippen LogP contribution is -2.54. The molecular formula is C22H14N4O3S2. The number of fused-ring (bicyclic) bond motifs is 1. The average molecular weight is 447 g/mol. The fourth-order valence-electron chi connectivity index (χ4n) is 3.15. The molecule has 9 heteroatoms. The molecule has 0 aliphatic carbocycles. The molecule has 7 nitrogen and oxygen atoms in total. The molecular weight excluding hydrogens is 432 g/mol. The summed E-state index contributed by atoms with van der Waals surface area (Å²) in [6.45, 7) is 0. The first-order valence-corrected chi connectivity index (χ1v) is 10.5. The molecule has 2 amide bonds. The Morgan fingerprint density at radius 2 is 1.77 bits per heavy atom. The van der Waals surface area contributed by atoms with Crippen LogP contribution in [0.25, 0.3) is 17.1 Å². The summed E-state index contributed by atoms with van der Waals surface area (Å²) in [5.41, 5.74) is 2.30. The van der Waals surface area contributed by atoms with E-state index < -0.39 is 11.8 Å². The summed E-state index contributed by atoms with van der Waals surface area (Å²) >= 11 is 6.51. The van der Waals surface area contributed by atoms with Crippen molar-refractivity contribution in [3.63, 3.8) is 0 Å². The van der Waals surface area contributed by atoms with Crippen molar-refractivity contribution >= 4 is 63.7 Å². The van der Waals surface area contributed by atoms with Crippen molar-refractivity contribution in [3.8, 4) is 0 Å². The molecule has 2 aromatic carbocycles. The standard InChI is InChI=1S/C22H14N4O3S2/c27-19-15(20(28)26(22(30)25-19)13-6-2-1-3-7-13)12-14-10-11-18(29-14)31-21-23-16-8-4-5-9-17(16)24-21/h1-12H,(H,23,24)(H,25,27,30)/b15-12+. The van der Waals surface area contributed by atoms with Crippen molar-refractivity contribution in [3.05, 3.63) is 78.1 Å².